The molecule has 3 rings (SSSR count). The molecule has 0 amide bonds. The fourth-order valence-corrected chi connectivity index (χ4v) is 2.73. The smallest absolute Gasteiger partial charge is 0.187 e. The number of thiazole rings is 1. The lowest BCUT2D eigenvalue weighted by atomic mass is 10.1. The summed E-state index contributed by atoms with van der Waals surface area (Å²) in [5, 5.41) is 25.2. The average molecular weight is 302 g/mol. The van der Waals surface area contributed by atoms with Crippen LogP contribution in [0.1, 0.15) is 0 Å². The van der Waals surface area contributed by atoms with E-state index >= 15 is 0 Å². The number of nitrogens with zero attached hydrogens (tertiary/aromatic N) is 3. The Bertz CT molecular complexity index is 925. The summed E-state index contributed by atoms with van der Waals surface area (Å²) in [7, 11) is 0. The first-order valence-electron chi connectivity index (χ1n) is 6.52. The fourth-order valence-electron chi connectivity index (χ4n) is 2.04. The van der Waals surface area contributed by atoms with Crippen LogP contribution in [0.2, 0.25) is 0 Å². The third kappa shape index (κ3) is 2.80. The van der Waals surface area contributed by atoms with Crippen molar-refractivity contribution in [3.8, 4) is 23.4 Å². The lowest BCUT2D eigenvalue weighted by Gasteiger charge is -2.00. The number of aromatic nitrogens is 1. The number of hydrogen-bond donors (Lipinski definition) is 1. The molecule has 2 aromatic carbocycles. The highest BCUT2D eigenvalue weighted by atomic mass is 32.1. The molecular weight excluding hydrogens is 292 g/mol. The lowest BCUT2D eigenvalue weighted by molar-refractivity contribution is 1.38. The summed E-state index contributed by atoms with van der Waals surface area (Å²) in [6, 6.07) is 18.0. The molecule has 1 aromatic heterocycles. The van der Waals surface area contributed by atoms with Crippen molar-refractivity contribution in [2.24, 2.45) is 0 Å². The van der Waals surface area contributed by atoms with E-state index in [4.69, 9.17) is 10.5 Å². The number of allylic oxidation sites excluding steroid dienone is 1. The van der Waals surface area contributed by atoms with Crippen LogP contribution in [0, 0.1) is 22.7 Å². The van der Waals surface area contributed by atoms with Gasteiger partial charge in [-0.1, -0.05) is 36.4 Å². The van der Waals surface area contributed by atoms with Crippen molar-refractivity contribution < 1.29 is 0 Å². The van der Waals surface area contributed by atoms with Crippen molar-refractivity contribution >= 4 is 27.2 Å². The van der Waals surface area contributed by atoms with Gasteiger partial charge in [0.25, 0.3) is 0 Å². The maximum Gasteiger partial charge on any atom is 0.187 e. The molecule has 0 aliphatic carbocycles. The molecule has 0 saturated heterocycles. The van der Waals surface area contributed by atoms with Gasteiger partial charge in [0.05, 0.1) is 5.69 Å². The van der Waals surface area contributed by atoms with Crippen LogP contribution in [0.5, 0.6) is 0 Å². The van der Waals surface area contributed by atoms with Crippen molar-refractivity contribution in [3.63, 3.8) is 0 Å². The Morgan fingerprint density at radius 3 is 2.64 bits per heavy atom. The second-order valence-electron chi connectivity index (χ2n) is 4.53. The number of nitriles is 2. The minimum absolute atomic E-state index is 0.0162. The van der Waals surface area contributed by atoms with Gasteiger partial charge in [-0.25, -0.2) is 4.98 Å². The second-order valence-corrected chi connectivity index (χ2v) is 5.38. The van der Waals surface area contributed by atoms with Gasteiger partial charge in [-0.05, 0) is 16.8 Å². The van der Waals surface area contributed by atoms with E-state index in [1.807, 2.05) is 23.6 Å². The van der Waals surface area contributed by atoms with Crippen LogP contribution >= 0.6 is 11.3 Å². The number of benzene rings is 2. The summed E-state index contributed by atoms with van der Waals surface area (Å²) in [4.78, 5) is 4.47. The first-order valence-corrected chi connectivity index (χ1v) is 7.40. The number of nitrogens with one attached hydrogen (secondary N) is 1. The zero-order valence-electron chi connectivity index (χ0n) is 11.4. The molecule has 5 heteroatoms. The van der Waals surface area contributed by atoms with E-state index in [1.54, 1.807) is 12.1 Å². The molecule has 1 heterocycles. The molecular formula is C17H10N4S. The Morgan fingerprint density at radius 1 is 1.09 bits per heavy atom. The maximum atomic E-state index is 8.69. The third-order valence-electron chi connectivity index (χ3n) is 3.13. The van der Waals surface area contributed by atoms with Crippen LogP contribution in [0.15, 0.2) is 59.6 Å². The van der Waals surface area contributed by atoms with Gasteiger partial charge < -0.3 is 5.32 Å². The topological polar surface area (TPSA) is 72.5 Å². The molecule has 0 unspecified atom stereocenters. The number of rotatable bonds is 3. The summed E-state index contributed by atoms with van der Waals surface area (Å²) in [5.74, 6) is 0. The summed E-state index contributed by atoms with van der Waals surface area (Å²) in [5.41, 5.74) is 1.91. The maximum absolute atomic E-state index is 8.69. The lowest BCUT2D eigenvalue weighted by Crippen LogP contribution is -1.89. The first kappa shape index (κ1) is 13.8. The molecule has 22 heavy (non-hydrogen) atoms. The zero-order valence-corrected chi connectivity index (χ0v) is 12.3. The Morgan fingerprint density at radius 2 is 1.86 bits per heavy atom. The summed E-state index contributed by atoms with van der Waals surface area (Å²) >= 11 is 1.43. The first-order chi connectivity index (χ1) is 10.8. The minimum Gasteiger partial charge on any atom is -0.336 e. The van der Waals surface area contributed by atoms with Gasteiger partial charge in [0.15, 0.2) is 5.13 Å². The molecule has 0 spiro atoms. The number of fused-ring (bicyclic) bond motifs is 1. The Hall–Kier alpha value is -3.15. The van der Waals surface area contributed by atoms with Crippen molar-refractivity contribution in [2.45, 2.75) is 0 Å². The monoisotopic (exact) mass is 302 g/mol. The molecule has 0 aliphatic rings. The Kier molecular flexibility index (Phi) is 3.82. The van der Waals surface area contributed by atoms with Crippen LogP contribution in [0.4, 0.5) is 5.13 Å². The number of hydrogen-bond acceptors (Lipinski definition) is 5. The molecule has 0 bridgehead atoms. The van der Waals surface area contributed by atoms with Gasteiger partial charge in [-0.3, -0.25) is 0 Å². The average Bonchev–Trinajstić information content (AvgIpc) is 3.04. The standard InChI is InChI=1S/C17H10N4S/c18-8-12(9-19)10-20-17-21-16(11-22-17)15-6-5-13-3-1-2-4-14(13)7-15/h1-7,10-11H,(H,20,21). The fraction of sp³-hybridized carbons (Fsp3) is 0. The highest BCUT2D eigenvalue weighted by Crippen LogP contribution is 2.27. The van der Waals surface area contributed by atoms with Gasteiger partial charge in [-0.15, -0.1) is 11.3 Å². The largest absolute Gasteiger partial charge is 0.336 e. The molecule has 104 valence electrons. The normalized spacial score (nSPS) is 9.73. The quantitative estimate of drug-likeness (QED) is 0.732. The van der Waals surface area contributed by atoms with Crippen LogP contribution in [0.3, 0.4) is 0 Å². The van der Waals surface area contributed by atoms with Crippen molar-refractivity contribution in [3.05, 3.63) is 59.6 Å². The third-order valence-corrected chi connectivity index (χ3v) is 3.90. The second kappa shape index (κ2) is 6.09. The summed E-state index contributed by atoms with van der Waals surface area (Å²) < 4.78 is 0. The van der Waals surface area contributed by atoms with Gasteiger partial charge in [0, 0.05) is 17.1 Å². The van der Waals surface area contributed by atoms with Crippen LogP contribution < -0.4 is 5.32 Å². The molecule has 0 aliphatic heterocycles. The van der Waals surface area contributed by atoms with Gasteiger partial charge in [0.1, 0.15) is 17.7 Å². The van der Waals surface area contributed by atoms with Gasteiger partial charge in [-0.2, -0.15) is 10.5 Å². The molecule has 0 fully saturated rings. The molecule has 0 radical (unpaired) electrons. The van der Waals surface area contributed by atoms with Crippen molar-refractivity contribution in [2.75, 3.05) is 5.32 Å². The van der Waals surface area contributed by atoms with E-state index in [9.17, 15) is 0 Å². The van der Waals surface area contributed by atoms with Gasteiger partial charge >= 0.3 is 0 Å². The van der Waals surface area contributed by atoms with E-state index in [-0.39, 0.29) is 5.57 Å². The minimum atomic E-state index is 0.0162. The zero-order chi connectivity index (χ0) is 15.4. The van der Waals surface area contributed by atoms with Crippen molar-refractivity contribution in [1.82, 2.24) is 4.98 Å². The summed E-state index contributed by atoms with van der Waals surface area (Å²) in [6.07, 6.45) is 1.36. The molecule has 4 nitrogen and oxygen atoms in total. The number of anilines is 1. The highest BCUT2D eigenvalue weighted by molar-refractivity contribution is 7.14. The predicted octanol–water partition coefficient (Wildman–Crippen LogP) is 4.31. The van der Waals surface area contributed by atoms with Crippen LogP contribution in [0.25, 0.3) is 22.0 Å². The van der Waals surface area contributed by atoms with E-state index in [1.165, 1.54) is 28.3 Å². The molecule has 0 atom stereocenters. The Balaban J connectivity index is 1.88. The van der Waals surface area contributed by atoms with Crippen LogP contribution in [-0.4, -0.2) is 4.98 Å². The van der Waals surface area contributed by atoms with Gasteiger partial charge in [0.2, 0.25) is 0 Å². The summed E-state index contributed by atoms with van der Waals surface area (Å²) in [6.45, 7) is 0. The molecule has 3 aromatic rings. The SMILES string of the molecule is N#CC(C#N)=CNc1nc(-c2ccc3ccccc3c2)cs1. The van der Waals surface area contributed by atoms with Crippen molar-refractivity contribution in [1.29, 1.82) is 10.5 Å². The van der Waals surface area contributed by atoms with E-state index in [0.717, 1.165) is 11.3 Å². The predicted molar refractivity (Wildman–Crippen MR) is 88.0 cm³/mol. The molecule has 0 saturated carbocycles. The van der Waals surface area contributed by atoms with E-state index in [2.05, 4.69) is 34.6 Å². The highest BCUT2D eigenvalue weighted by Gasteiger charge is 2.05. The Labute approximate surface area is 131 Å². The molecule has 1 N–H and O–H groups in total. The van der Waals surface area contributed by atoms with E-state index < -0.39 is 0 Å². The van der Waals surface area contributed by atoms with E-state index in [0.29, 0.717) is 5.13 Å². The van der Waals surface area contributed by atoms with Crippen LogP contribution in [-0.2, 0) is 0 Å².